The summed E-state index contributed by atoms with van der Waals surface area (Å²) in [5.74, 6) is 0. The zero-order valence-corrected chi connectivity index (χ0v) is 31.2. The second-order valence-corrected chi connectivity index (χ2v) is 14.9. The number of imidazole rings is 1. The van der Waals surface area contributed by atoms with Gasteiger partial charge in [-0.25, -0.2) is 9.13 Å². The number of unbranched alkanes of at least 4 members (excludes halogenated alkanes) is 20. The molecule has 0 aliphatic carbocycles. The highest BCUT2D eigenvalue weighted by atomic mass is 15.1. The molecule has 1 aromatic heterocycles. The molecule has 262 valence electrons. The van der Waals surface area contributed by atoms with Crippen molar-refractivity contribution in [3.63, 3.8) is 0 Å². The molecule has 1 heterocycles. The first-order valence-corrected chi connectivity index (χ1v) is 20.3. The van der Waals surface area contributed by atoms with Gasteiger partial charge in [0.05, 0.1) is 6.54 Å². The minimum absolute atomic E-state index is 0.00867. The van der Waals surface area contributed by atoms with Crippen molar-refractivity contribution in [1.29, 1.82) is 0 Å². The highest BCUT2D eigenvalue weighted by molar-refractivity contribution is 5.30. The molecule has 0 N–H and O–H groups in total. The molecule has 47 heavy (non-hydrogen) atoms. The van der Waals surface area contributed by atoms with Gasteiger partial charge in [-0.15, -0.1) is 0 Å². The van der Waals surface area contributed by atoms with Crippen LogP contribution in [-0.2, 0) is 18.4 Å². The first kappa shape index (κ1) is 39.1. The van der Waals surface area contributed by atoms with Crippen molar-refractivity contribution in [3.8, 4) is 0 Å². The van der Waals surface area contributed by atoms with Crippen LogP contribution in [0.15, 0.2) is 79.4 Å². The molecule has 3 aromatic rings. The van der Waals surface area contributed by atoms with E-state index in [0.717, 1.165) is 13.0 Å². The lowest BCUT2D eigenvalue weighted by Crippen LogP contribution is -2.38. The van der Waals surface area contributed by atoms with E-state index in [1.54, 1.807) is 0 Å². The van der Waals surface area contributed by atoms with Crippen LogP contribution in [0.2, 0.25) is 0 Å². The largest absolute Gasteiger partial charge is 0.244 e. The van der Waals surface area contributed by atoms with Crippen molar-refractivity contribution >= 4 is 0 Å². The van der Waals surface area contributed by atoms with E-state index >= 15 is 0 Å². The molecule has 0 amide bonds. The van der Waals surface area contributed by atoms with E-state index in [9.17, 15) is 0 Å². The Kier molecular flexibility index (Phi) is 20.6. The Morgan fingerprint density at radius 2 is 1.00 bits per heavy atom. The molecule has 0 saturated heterocycles. The van der Waals surface area contributed by atoms with Gasteiger partial charge in [-0.3, -0.25) is 0 Å². The number of aromatic nitrogens is 2. The summed E-state index contributed by atoms with van der Waals surface area (Å²) in [5, 5.41) is 0. The molecule has 0 aliphatic rings. The molecule has 3 rings (SSSR count). The average Bonchev–Trinajstić information content (AvgIpc) is 3.56. The third-order valence-corrected chi connectivity index (χ3v) is 10.8. The maximum Gasteiger partial charge on any atom is 0.244 e. The summed E-state index contributed by atoms with van der Waals surface area (Å²) in [6.45, 7) is 8.28. The molecule has 2 nitrogen and oxygen atoms in total. The summed E-state index contributed by atoms with van der Waals surface area (Å²) in [6.07, 6.45) is 40.2. The number of hydrogen-bond acceptors (Lipinski definition) is 0. The molecule has 0 aliphatic heterocycles. The van der Waals surface area contributed by atoms with E-state index in [2.05, 4.69) is 109 Å². The van der Waals surface area contributed by atoms with Crippen molar-refractivity contribution in [1.82, 2.24) is 4.57 Å². The molecule has 0 saturated carbocycles. The Morgan fingerprint density at radius 1 is 0.553 bits per heavy atom. The number of hydrogen-bond donors (Lipinski definition) is 0. The maximum atomic E-state index is 2.58. The first-order valence-electron chi connectivity index (χ1n) is 20.3. The van der Waals surface area contributed by atoms with Crippen molar-refractivity contribution in [3.05, 3.63) is 90.5 Å². The minimum atomic E-state index is 0.00867. The van der Waals surface area contributed by atoms with E-state index in [1.807, 2.05) is 0 Å². The van der Waals surface area contributed by atoms with Crippen LogP contribution in [0.3, 0.4) is 0 Å². The van der Waals surface area contributed by atoms with Crippen molar-refractivity contribution < 1.29 is 4.57 Å². The van der Waals surface area contributed by atoms with Gasteiger partial charge in [0.2, 0.25) is 6.33 Å². The normalized spacial score (nSPS) is 13.5. The third kappa shape index (κ3) is 15.6. The highest BCUT2D eigenvalue weighted by Gasteiger charge is 2.40. The molecule has 2 heteroatoms. The second kappa shape index (κ2) is 24.7. The van der Waals surface area contributed by atoms with Crippen molar-refractivity contribution in [2.24, 2.45) is 0 Å². The van der Waals surface area contributed by atoms with E-state index in [4.69, 9.17) is 0 Å². The van der Waals surface area contributed by atoms with Crippen LogP contribution < -0.4 is 4.57 Å². The summed E-state index contributed by atoms with van der Waals surface area (Å²) >= 11 is 0. The van der Waals surface area contributed by atoms with Crippen LogP contribution in [0.25, 0.3) is 0 Å². The van der Waals surface area contributed by atoms with Crippen molar-refractivity contribution in [2.45, 2.75) is 193 Å². The maximum absolute atomic E-state index is 2.58. The van der Waals surface area contributed by atoms with E-state index in [-0.39, 0.29) is 5.41 Å². The van der Waals surface area contributed by atoms with E-state index in [1.165, 1.54) is 159 Å². The van der Waals surface area contributed by atoms with Crippen LogP contribution in [0, 0.1) is 0 Å². The smallest absolute Gasteiger partial charge is 0.237 e. The predicted molar refractivity (Wildman–Crippen MR) is 205 cm³/mol. The average molecular weight is 642 g/mol. The van der Waals surface area contributed by atoms with Gasteiger partial charge in [-0.2, -0.15) is 0 Å². The van der Waals surface area contributed by atoms with E-state index < -0.39 is 0 Å². The SMILES string of the molecule is CCCCCCCCCCCCCCCCCC(n1cc[n+](CCCCCCCCC)c1)C(C)(Cc1ccccc1)c1ccccc1. The summed E-state index contributed by atoms with van der Waals surface area (Å²) in [7, 11) is 0. The molecular formula is C45H73N2+. The molecule has 2 aromatic carbocycles. The highest BCUT2D eigenvalue weighted by Crippen LogP contribution is 2.41. The number of nitrogens with zero attached hydrogens (tertiary/aromatic N) is 2. The zero-order chi connectivity index (χ0) is 33.3. The topological polar surface area (TPSA) is 8.81 Å². The Morgan fingerprint density at radius 3 is 1.51 bits per heavy atom. The molecular weight excluding hydrogens is 569 g/mol. The Bertz CT molecular complexity index is 1120. The van der Waals surface area contributed by atoms with Gasteiger partial charge in [-0.1, -0.05) is 203 Å². The number of benzene rings is 2. The Labute approximate surface area is 291 Å². The molecule has 0 spiro atoms. The monoisotopic (exact) mass is 642 g/mol. The van der Waals surface area contributed by atoms with Gasteiger partial charge in [-0.05, 0) is 43.2 Å². The summed E-state index contributed by atoms with van der Waals surface area (Å²) in [6, 6.07) is 23.0. The number of rotatable bonds is 29. The summed E-state index contributed by atoms with van der Waals surface area (Å²) in [5.41, 5.74) is 2.90. The molecule has 2 unspecified atom stereocenters. The molecule has 0 radical (unpaired) electrons. The Balaban J connectivity index is 1.54. The summed E-state index contributed by atoms with van der Waals surface area (Å²) < 4.78 is 5.04. The fourth-order valence-electron chi connectivity index (χ4n) is 7.74. The fraction of sp³-hybridized carbons (Fsp3) is 0.667. The molecule has 0 fully saturated rings. The van der Waals surface area contributed by atoms with Crippen LogP contribution in [0.1, 0.15) is 186 Å². The van der Waals surface area contributed by atoms with Crippen LogP contribution in [-0.4, -0.2) is 4.57 Å². The van der Waals surface area contributed by atoms with Gasteiger partial charge in [0.15, 0.2) is 0 Å². The van der Waals surface area contributed by atoms with Crippen LogP contribution >= 0.6 is 0 Å². The van der Waals surface area contributed by atoms with Crippen LogP contribution in [0.5, 0.6) is 0 Å². The second-order valence-electron chi connectivity index (χ2n) is 14.9. The van der Waals surface area contributed by atoms with Gasteiger partial charge < -0.3 is 0 Å². The molecule has 0 bridgehead atoms. The minimum Gasteiger partial charge on any atom is -0.237 e. The first-order chi connectivity index (χ1) is 23.2. The lowest BCUT2D eigenvalue weighted by atomic mass is 9.70. The lowest BCUT2D eigenvalue weighted by molar-refractivity contribution is -0.697. The Hall–Kier alpha value is -2.35. The lowest BCUT2D eigenvalue weighted by Gasteiger charge is -2.37. The van der Waals surface area contributed by atoms with Gasteiger partial charge >= 0.3 is 0 Å². The zero-order valence-electron chi connectivity index (χ0n) is 31.2. The quantitative estimate of drug-likeness (QED) is 0.0527. The fourth-order valence-corrected chi connectivity index (χ4v) is 7.74. The van der Waals surface area contributed by atoms with Gasteiger partial charge in [0.1, 0.15) is 18.4 Å². The molecule has 2 atom stereocenters. The third-order valence-electron chi connectivity index (χ3n) is 10.8. The predicted octanol–water partition coefficient (Wildman–Crippen LogP) is 13.5. The van der Waals surface area contributed by atoms with Crippen molar-refractivity contribution in [2.75, 3.05) is 0 Å². The van der Waals surface area contributed by atoms with Crippen LogP contribution in [0.4, 0.5) is 0 Å². The standard InChI is InChI=1S/C45H73N2/c1-4-6-8-10-12-13-14-15-16-17-18-19-20-22-30-36-44(47-39-38-46(41-47)37-31-23-21-11-9-7-5-2)45(3,43-34-28-25-29-35-43)40-42-32-26-24-27-33-42/h24-29,32-35,38-39,41,44H,4-23,30-31,36-37,40H2,1-3H3/q+1. The van der Waals surface area contributed by atoms with Gasteiger partial charge in [0.25, 0.3) is 0 Å². The summed E-state index contributed by atoms with van der Waals surface area (Å²) in [4.78, 5) is 0. The number of aryl methyl sites for hydroxylation is 1. The van der Waals surface area contributed by atoms with Gasteiger partial charge in [0, 0.05) is 5.41 Å². The van der Waals surface area contributed by atoms with E-state index in [0.29, 0.717) is 6.04 Å².